The second-order valence-corrected chi connectivity index (χ2v) is 2.77. The first-order chi connectivity index (χ1) is 4.72. The molecule has 0 aliphatic carbocycles. The molecule has 0 heterocycles. The maximum atomic E-state index is 8.44. The molecule has 2 N–H and O–H groups in total. The van der Waals surface area contributed by atoms with Gasteiger partial charge in [0.25, 0.3) is 0 Å². The number of nitrogens with zero attached hydrogens (tertiary/aromatic N) is 1. The van der Waals surface area contributed by atoms with Crippen LogP contribution in [0.25, 0.3) is 0 Å². The molecular weight excluding hydrogens is 168 g/mol. The Kier molecular flexibility index (Phi) is 6.00. The van der Waals surface area contributed by atoms with Crippen molar-refractivity contribution in [2.75, 3.05) is 19.7 Å². The van der Waals surface area contributed by atoms with Crippen LogP contribution in [0.5, 0.6) is 0 Å². The Morgan fingerprint density at radius 3 is 2.70 bits per heavy atom. The van der Waals surface area contributed by atoms with Crippen LogP contribution in [0.15, 0.2) is 0 Å². The Labute approximate surface area is 71.8 Å². The summed E-state index contributed by atoms with van der Waals surface area (Å²) in [5.74, 6) is 0. The Morgan fingerprint density at radius 2 is 2.40 bits per heavy atom. The monoisotopic (exact) mass is 180 g/mol. The molecule has 0 aliphatic rings. The summed E-state index contributed by atoms with van der Waals surface area (Å²) in [4.78, 5) is 0. The lowest BCUT2D eigenvalue weighted by Crippen LogP contribution is -2.41. The fourth-order valence-corrected chi connectivity index (χ4v) is 0.905. The van der Waals surface area contributed by atoms with E-state index in [0.717, 1.165) is 6.54 Å². The summed E-state index contributed by atoms with van der Waals surface area (Å²) in [6.45, 7) is 3.32. The molecule has 0 aromatic rings. The Bertz CT molecular complexity index is 110. The van der Waals surface area contributed by atoms with Crippen molar-refractivity contribution in [1.29, 1.82) is 0 Å². The van der Waals surface area contributed by atoms with Gasteiger partial charge in [-0.2, -0.15) is 0 Å². The molecular formula is C5H12N2OS2. The van der Waals surface area contributed by atoms with Gasteiger partial charge in [0.15, 0.2) is 0 Å². The second-order valence-electron chi connectivity index (χ2n) is 1.66. The van der Waals surface area contributed by atoms with E-state index in [9.17, 15) is 0 Å². The normalized spacial score (nSPS) is 9.50. The first-order valence-electron chi connectivity index (χ1n) is 3.07. The van der Waals surface area contributed by atoms with E-state index < -0.39 is 0 Å². The molecule has 0 radical (unpaired) electrons. The first kappa shape index (κ1) is 10.2. The average Bonchev–Trinajstić information content (AvgIpc) is 1.89. The van der Waals surface area contributed by atoms with E-state index in [2.05, 4.69) is 18.1 Å². The van der Waals surface area contributed by atoms with E-state index >= 15 is 0 Å². The van der Waals surface area contributed by atoms with Gasteiger partial charge in [-0.15, -0.1) is 12.6 Å². The number of hydrogen-bond donors (Lipinski definition) is 3. The highest BCUT2D eigenvalue weighted by atomic mass is 32.1. The molecule has 0 aromatic carbocycles. The summed E-state index contributed by atoms with van der Waals surface area (Å²) in [6, 6.07) is 0. The summed E-state index contributed by atoms with van der Waals surface area (Å²) in [5, 5.41) is 10.1. The number of nitrogens with one attached hydrogen (secondary N) is 1. The number of thiocarbonyl (C=S) groups is 1. The maximum absolute atomic E-state index is 8.44. The van der Waals surface area contributed by atoms with Crippen molar-refractivity contribution in [2.24, 2.45) is 0 Å². The van der Waals surface area contributed by atoms with E-state index in [0.29, 0.717) is 10.9 Å². The molecule has 10 heavy (non-hydrogen) atoms. The van der Waals surface area contributed by atoms with Gasteiger partial charge >= 0.3 is 0 Å². The molecule has 5 heteroatoms. The average molecular weight is 180 g/mol. The molecule has 0 atom stereocenters. The minimum atomic E-state index is 0.104. The molecule has 0 amide bonds. The molecule has 0 bridgehead atoms. The summed E-state index contributed by atoms with van der Waals surface area (Å²) in [6.07, 6.45) is 0. The number of rotatable bonds is 4. The van der Waals surface area contributed by atoms with Crippen LogP contribution in [0.4, 0.5) is 0 Å². The largest absolute Gasteiger partial charge is 0.395 e. The van der Waals surface area contributed by atoms with Crippen molar-refractivity contribution in [1.82, 2.24) is 10.4 Å². The van der Waals surface area contributed by atoms with E-state index in [-0.39, 0.29) is 6.61 Å². The molecule has 3 nitrogen and oxygen atoms in total. The first-order valence-corrected chi connectivity index (χ1v) is 3.92. The van der Waals surface area contributed by atoms with Gasteiger partial charge in [0.2, 0.25) is 0 Å². The van der Waals surface area contributed by atoms with Gasteiger partial charge in [-0.3, -0.25) is 5.01 Å². The maximum Gasteiger partial charge on any atom is 0.147 e. The van der Waals surface area contributed by atoms with Gasteiger partial charge in [0, 0.05) is 13.1 Å². The van der Waals surface area contributed by atoms with E-state index in [1.54, 1.807) is 5.01 Å². The fraction of sp³-hybridized carbons (Fsp3) is 0.800. The molecule has 0 aliphatic heterocycles. The van der Waals surface area contributed by atoms with Crippen molar-refractivity contribution in [3.8, 4) is 0 Å². The number of aliphatic hydroxyl groups is 1. The minimum absolute atomic E-state index is 0.104. The zero-order chi connectivity index (χ0) is 7.98. The highest BCUT2D eigenvalue weighted by molar-refractivity contribution is 8.10. The molecule has 0 fully saturated rings. The third-order valence-corrected chi connectivity index (χ3v) is 1.42. The van der Waals surface area contributed by atoms with Crippen LogP contribution in [-0.2, 0) is 0 Å². The topological polar surface area (TPSA) is 35.5 Å². The number of thiol groups is 1. The van der Waals surface area contributed by atoms with Crippen LogP contribution >= 0.6 is 24.8 Å². The zero-order valence-corrected chi connectivity index (χ0v) is 7.58. The second kappa shape index (κ2) is 5.91. The predicted molar refractivity (Wildman–Crippen MR) is 49.1 cm³/mol. The van der Waals surface area contributed by atoms with Crippen molar-refractivity contribution >= 4 is 29.2 Å². The van der Waals surface area contributed by atoms with Crippen LogP contribution in [0, 0.1) is 0 Å². The van der Waals surface area contributed by atoms with Crippen molar-refractivity contribution < 1.29 is 5.11 Å². The summed E-state index contributed by atoms with van der Waals surface area (Å²) in [5.41, 5.74) is 2.88. The van der Waals surface area contributed by atoms with Crippen LogP contribution < -0.4 is 5.43 Å². The number of hydrogen-bond acceptors (Lipinski definition) is 3. The van der Waals surface area contributed by atoms with Crippen LogP contribution in [0.2, 0.25) is 0 Å². The van der Waals surface area contributed by atoms with Crippen molar-refractivity contribution in [2.45, 2.75) is 6.92 Å². The van der Waals surface area contributed by atoms with Crippen molar-refractivity contribution in [3.05, 3.63) is 0 Å². The van der Waals surface area contributed by atoms with E-state index in [1.807, 2.05) is 6.92 Å². The molecule has 0 unspecified atom stereocenters. The lowest BCUT2D eigenvalue weighted by molar-refractivity contribution is 0.244. The Hall–Kier alpha value is 0.160. The summed E-state index contributed by atoms with van der Waals surface area (Å²) in [7, 11) is 0. The summed E-state index contributed by atoms with van der Waals surface area (Å²) >= 11 is 8.73. The van der Waals surface area contributed by atoms with E-state index in [1.165, 1.54) is 0 Å². The van der Waals surface area contributed by atoms with Gasteiger partial charge in [0.1, 0.15) is 4.32 Å². The zero-order valence-electron chi connectivity index (χ0n) is 5.87. The standard InChI is InChI=1S/C5H12N2OS2/c1-2-7(5(9)10)6-3-4-8/h6,8H,2-4H2,1H3,(H,9,10). The predicted octanol–water partition coefficient (Wildman–Crippen LogP) is 0.0199. The lowest BCUT2D eigenvalue weighted by Gasteiger charge is -2.20. The molecule has 0 aromatic heterocycles. The third kappa shape index (κ3) is 4.05. The van der Waals surface area contributed by atoms with Gasteiger partial charge < -0.3 is 5.11 Å². The van der Waals surface area contributed by atoms with E-state index in [4.69, 9.17) is 17.3 Å². The summed E-state index contributed by atoms with van der Waals surface area (Å²) < 4.78 is 0.496. The van der Waals surface area contributed by atoms with Gasteiger partial charge in [0.05, 0.1) is 6.61 Å². The Morgan fingerprint density at radius 1 is 1.80 bits per heavy atom. The van der Waals surface area contributed by atoms with Crippen molar-refractivity contribution in [3.63, 3.8) is 0 Å². The lowest BCUT2D eigenvalue weighted by atomic mass is 10.7. The smallest absolute Gasteiger partial charge is 0.147 e. The molecule has 60 valence electrons. The van der Waals surface area contributed by atoms with Gasteiger partial charge in [-0.25, -0.2) is 5.43 Å². The van der Waals surface area contributed by atoms with Gasteiger partial charge in [-0.1, -0.05) is 12.2 Å². The minimum Gasteiger partial charge on any atom is -0.395 e. The fourth-order valence-electron chi connectivity index (χ4n) is 0.500. The number of aliphatic hydroxyl groups excluding tert-OH is 1. The molecule has 0 spiro atoms. The van der Waals surface area contributed by atoms with Gasteiger partial charge in [-0.05, 0) is 6.92 Å². The molecule has 0 rings (SSSR count). The number of hydrazine groups is 1. The van der Waals surface area contributed by atoms with Crippen LogP contribution in [0.1, 0.15) is 6.92 Å². The highest BCUT2D eigenvalue weighted by Crippen LogP contribution is 1.90. The molecule has 0 saturated heterocycles. The highest BCUT2D eigenvalue weighted by Gasteiger charge is 1.99. The van der Waals surface area contributed by atoms with Crippen LogP contribution in [0.3, 0.4) is 0 Å². The Balaban J connectivity index is 3.50. The molecule has 0 saturated carbocycles. The third-order valence-electron chi connectivity index (χ3n) is 0.962. The SMILES string of the molecule is CCN(NCCO)C(=S)S. The quantitative estimate of drug-likeness (QED) is 0.324. The van der Waals surface area contributed by atoms with Crippen LogP contribution in [-0.4, -0.2) is 34.1 Å².